The molecular weight excluding hydrogens is 285 g/mol. The van der Waals surface area contributed by atoms with Crippen LogP contribution in [0.2, 0.25) is 5.02 Å². The molecule has 3 rings (SSSR count). The van der Waals surface area contributed by atoms with Crippen LogP contribution < -0.4 is 11.1 Å². The van der Waals surface area contributed by atoms with E-state index in [-0.39, 0.29) is 5.02 Å². The number of rotatable bonds is 2. The van der Waals surface area contributed by atoms with Gasteiger partial charge in [0, 0.05) is 24.8 Å². The Bertz CT molecular complexity index is 699. The van der Waals surface area contributed by atoms with E-state index < -0.39 is 11.9 Å². The molecule has 0 saturated heterocycles. The molecule has 1 aliphatic heterocycles. The summed E-state index contributed by atoms with van der Waals surface area (Å²) < 4.78 is 14.9. The average Bonchev–Trinajstić information content (AvgIpc) is 2.81. The first-order valence-electron chi connectivity index (χ1n) is 5.99. The van der Waals surface area contributed by atoms with Crippen LogP contribution in [0.4, 0.5) is 4.39 Å². The number of nitrogens with one attached hydrogen (secondary N) is 1. The zero-order chi connectivity index (χ0) is 14.3. The quantitative estimate of drug-likeness (QED) is 0.807. The van der Waals surface area contributed by atoms with Gasteiger partial charge in [-0.25, -0.2) is 4.98 Å². The topological polar surface area (TPSA) is 85.8 Å². The second-order valence-electron chi connectivity index (χ2n) is 4.43. The maximum atomic E-state index is 13.1. The van der Waals surface area contributed by atoms with Crippen LogP contribution in [-0.2, 0) is 13.1 Å². The summed E-state index contributed by atoms with van der Waals surface area (Å²) in [6.07, 6.45) is 1.29. The average molecular weight is 296 g/mol. The van der Waals surface area contributed by atoms with E-state index >= 15 is 0 Å². The van der Waals surface area contributed by atoms with E-state index in [1.54, 1.807) is 4.68 Å². The Hall–Kier alpha value is -1.99. The lowest BCUT2D eigenvalue weighted by molar-refractivity contribution is 0.0999. The number of fused-ring (bicyclic) bond motifs is 1. The molecule has 0 unspecified atom stereocenters. The van der Waals surface area contributed by atoms with E-state index in [9.17, 15) is 9.18 Å². The van der Waals surface area contributed by atoms with Crippen LogP contribution in [0.25, 0.3) is 11.3 Å². The molecule has 1 aliphatic rings. The molecule has 0 bridgehead atoms. The van der Waals surface area contributed by atoms with E-state index in [1.165, 1.54) is 12.3 Å². The highest BCUT2D eigenvalue weighted by Crippen LogP contribution is 2.28. The lowest BCUT2D eigenvalue weighted by Crippen LogP contribution is -2.30. The smallest absolute Gasteiger partial charge is 0.252 e. The summed E-state index contributed by atoms with van der Waals surface area (Å²) in [5, 5.41) is 7.40. The summed E-state index contributed by atoms with van der Waals surface area (Å²) in [4.78, 5) is 15.2. The Kier molecular flexibility index (Phi) is 3.15. The molecule has 3 N–H and O–H groups in total. The van der Waals surface area contributed by atoms with E-state index in [0.29, 0.717) is 29.9 Å². The fourth-order valence-electron chi connectivity index (χ4n) is 2.26. The lowest BCUT2D eigenvalue weighted by atomic mass is 10.1. The Labute approximate surface area is 118 Å². The molecular formula is C12H11ClFN5O. The molecule has 0 atom stereocenters. The first kappa shape index (κ1) is 13.0. The van der Waals surface area contributed by atoms with Crippen molar-refractivity contribution in [3.63, 3.8) is 0 Å². The van der Waals surface area contributed by atoms with E-state index in [2.05, 4.69) is 15.4 Å². The minimum Gasteiger partial charge on any atom is -0.365 e. The molecule has 3 heterocycles. The van der Waals surface area contributed by atoms with Crippen molar-refractivity contribution in [1.82, 2.24) is 20.1 Å². The molecule has 2 aromatic heterocycles. The van der Waals surface area contributed by atoms with Gasteiger partial charge in [-0.3, -0.25) is 9.48 Å². The summed E-state index contributed by atoms with van der Waals surface area (Å²) in [6, 6.07) is 1.39. The summed E-state index contributed by atoms with van der Waals surface area (Å²) in [5.74, 6) is -1.34. The van der Waals surface area contributed by atoms with E-state index in [0.717, 1.165) is 12.2 Å². The van der Waals surface area contributed by atoms with Crippen molar-refractivity contribution in [2.75, 3.05) is 6.54 Å². The molecule has 104 valence electrons. The highest BCUT2D eigenvalue weighted by molar-refractivity contribution is 6.30. The van der Waals surface area contributed by atoms with Gasteiger partial charge >= 0.3 is 0 Å². The number of pyridine rings is 1. The van der Waals surface area contributed by atoms with Gasteiger partial charge in [0.2, 0.25) is 5.95 Å². The van der Waals surface area contributed by atoms with Crippen LogP contribution in [0.15, 0.2) is 12.3 Å². The Morgan fingerprint density at radius 1 is 1.55 bits per heavy atom. The maximum absolute atomic E-state index is 13.1. The molecule has 1 amide bonds. The van der Waals surface area contributed by atoms with Gasteiger partial charge in [0.25, 0.3) is 5.91 Å². The van der Waals surface area contributed by atoms with Gasteiger partial charge in [0.1, 0.15) is 5.69 Å². The van der Waals surface area contributed by atoms with Gasteiger partial charge < -0.3 is 11.1 Å². The van der Waals surface area contributed by atoms with Gasteiger partial charge in [0.15, 0.2) is 0 Å². The highest BCUT2D eigenvalue weighted by atomic mass is 35.5. The fourth-order valence-corrected chi connectivity index (χ4v) is 2.43. The minimum atomic E-state index is -0.762. The monoisotopic (exact) mass is 295 g/mol. The standard InChI is InChI=1S/C12H11ClFN5O/c13-7-3-6(4-17-11(7)14)10-9(12(15)20)8-5-16-1-2-19(8)18-10/h3-4,16H,1-2,5H2,(H2,15,20). The summed E-state index contributed by atoms with van der Waals surface area (Å²) in [6.45, 7) is 1.90. The third kappa shape index (κ3) is 2.04. The van der Waals surface area contributed by atoms with Crippen LogP contribution in [0.5, 0.6) is 0 Å². The van der Waals surface area contributed by atoms with Crippen molar-refractivity contribution >= 4 is 17.5 Å². The van der Waals surface area contributed by atoms with Crippen molar-refractivity contribution in [3.8, 4) is 11.3 Å². The van der Waals surface area contributed by atoms with Crippen molar-refractivity contribution in [2.24, 2.45) is 5.73 Å². The van der Waals surface area contributed by atoms with Gasteiger partial charge in [-0.05, 0) is 6.07 Å². The summed E-state index contributed by atoms with van der Waals surface area (Å²) in [7, 11) is 0. The summed E-state index contributed by atoms with van der Waals surface area (Å²) >= 11 is 5.72. The molecule has 8 heteroatoms. The van der Waals surface area contributed by atoms with Crippen molar-refractivity contribution in [3.05, 3.63) is 34.5 Å². The maximum Gasteiger partial charge on any atom is 0.252 e. The van der Waals surface area contributed by atoms with Gasteiger partial charge in [0.05, 0.1) is 22.8 Å². The molecule has 0 aliphatic carbocycles. The van der Waals surface area contributed by atoms with Crippen LogP contribution in [0.3, 0.4) is 0 Å². The van der Waals surface area contributed by atoms with Crippen molar-refractivity contribution in [1.29, 1.82) is 0 Å². The molecule has 2 aromatic rings. The molecule has 0 fully saturated rings. The largest absolute Gasteiger partial charge is 0.365 e. The van der Waals surface area contributed by atoms with Crippen LogP contribution >= 0.6 is 11.6 Å². The Balaban J connectivity index is 2.19. The number of primary amides is 1. The molecule has 0 saturated carbocycles. The predicted octanol–water partition coefficient (Wildman–Crippen LogP) is 0.940. The molecule has 6 nitrogen and oxygen atoms in total. The van der Waals surface area contributed by atoms with Crippen molar-refractivity contribution < 1.29 is 9.18 Å². The van der Waals surface area contributed by atoms with Gasteiger partial charge in [-0.2, -0.15) is 9.49 Å². The van der Waals surface area contributed by atoms with Crippen LogP contribution in [-0.4, -0.2) is 27.2 Å². The Morgan fingerprint density at radius 2 is 2.35 bits per heavy atom. The van der Waals surface area contributed by atoms with E-state index in [1.807, 2.05) is 0 Å². The number of hydrogen-bond donors (Lipinski definition) is 2. The van der Waals surface area contributed by atoms with Gasteiger partial charge in [-0.1, -0.05) is 11.6 Å². The van der Waals surface area contributed by atoms with Crippen LogP contribution in [0.1, 0.15) is 16.1 Å². The fraction of sp³-hybridized carbons (Fsp3) is 0.250. The lowest BCUT2D eigenvalue weighted by Gasteiger charge is -2.15. The first-order chi connectivity index (χ1) is 9.58. The Morgan fingerprint density at radius 3 is 3.05 bits per heavy atom. The molecule has 0 radical (unpaired) electrons. The number of nitrogens with two attached hydrogens (primary N) is 1. The number of nitrogens with zero attached hydrogens (tertiary/aromatic N) is 3. The van der Waals surface area contributed by atoms with Gasteiger partial charge in [-0.15, -0.1) is 0 Å². The zero-order valence-electron chi connectivity index (χ0n) is 10.4. The second-order valence-corrected chi connectivity index (χ2v) is 4.84. The molecule has 20 heavy (non-hydrogen) atoms. The van der Waals surface area contributed by atoms with Crippen molar-refractivity contribution in [2.45, 2.75) is 13.1 Å². The molecule has 0 spiro atoms. The zero-order valence-corrected chi connectivity index (χ0v) is 11.1. The number of amides is 1. The summed E-state index contributed by atoms with van der Waals surface area (Å²) in [5.41, 5.74) is 7.33. The number of carbonyl (C=O) groups excluding carboxylic acids is 1. The number of halogens is 2. The second kappa shape index (κ2) is 4.84. The normalized spacial score (nSPS) is 14.1. The number of aromatic nitrogens is 3. The SMILES string of the molecule is NC(=O)c1c(-c2cnc(F)c(Cl)c2)nn2c1CNCC2. The molecule has 0 aromatic carbocycles. The predicted molar refractivity (Wildman–Crippen MR) is 70.7 cm³/mol. The number of hydrogen-bond acceptors (Lipinski definition) is 4. The van der Waals surface area contributed by atoms with E-state index in [4.69, 9.17) is 17.3 Å². The first-order valence-corrected chi connectivity index (χ1v) is 6.37. The third-order valence-corrected chi connectivity index (χ3v) is 3.43. The highest BCUT2D eigenvalue weighted by Gasteiger charge is 2.25. The van der Waals surface area contributed by atoms with Crippen LogP contribution in [0, 0.1) is 5.95 Å². The third-order valence-electron chi connectivity index (χ3n) is 3.17. The minimum absolute atomic E-state index is 0.123. The number of carbonyl (C=O) groups is 1.